The fraction of sp³-hybridized carbons (Fsp3) is 0.385. The van der Waals surface area contributed by atoms with Crippen molar-refractivity contribution in [3.63, 3.8) is 0 Å². The number of nitrogens with two attached hydrogens (primary N) is 1. The molecule has 6 heteroatoms. The molecule has 0 radical (unpaired) electrons. The van der Waals surface area contributed by atoms with E-state index in [4.69, 9.17) is 10.8 Å². The second kappa shape index (κ2) is 5.36. The van der Waals surface area contributed by atoms with Crippen molar-refractivity contribution in [3.05, 3.63) is 35.1 Å². The highest BCUT2D eigenvalue weighted by Crippen LogP contribution is 2.20. The molecule has 1 unspecified atom stereocenters. The van der Waals surface area contributed by atoms with Crippen molar-refractivity contribution >= 4 is 11.9 Å². The van der Waals surface area contributed by atoms with Gasteiger partial charge < -0.3 is 10.8 Å². The molecule has 0 aromatic heterocycles. The van der Waals surface area contributed by atoms with Crippen LogP contribution in [0.1, 0.15) is 22.3 Å². The summed E-state index contributed by atoms with van der Waals surface area (Å²) in [4.78, 5) is 23.6. The smallest absolute Gasteiger partial charge is 0.307 e. The summed E-state index contributed by atoms with van der Waals surface area (Å²) in [5.74, 6) is -2.35. The van der Waals surface area contributed by atoms with E-state index in [1.807, 2.05) is 4.90 Å². The maximum atomic E-state index is 13.8. The molecule has 1 aliphatic rings. The molecule has 1 aliphatic heterocycles. The van der Waals surface area contributed by atoms with Crippen LogP contribution in [0.5, 0.6) is 0 Å². The third-order valence-corrected chi connectivity index (χ3v) is 3.35. The van der Waals surface area contributed by atoms with E-state index in [1.165, 1.54) is 12.1 Å². The first-order chi connectivity index (χ1) is 8.97. The molecule has 1 aromatic carbocycles. The molecule has 0 bridgehead atoms. The Morgan fingerprint density at radius 3 is 2.74 bits per heavy atom. The van der Waals surface area contributed by atoms with Crippen LogP contribution in [0, 0.1) is 11.7 Å². The first-order valence-corrected chi connectivity index (χ1v) is 6.00. The first kappa shape index (κ1) is 13.5. The zero-order valence-corrected chi connectivity index (χ0v) is 10.3. The number of hydrogen-bond donors (Lipinski definition) is 2. The fourth-order valence-corrected chi connectivity index (χ4v) is 2.25. The van der Waals surface area contributed by atoms with Gasteiger partial charge in [-0.3, -0.25) is 14.5 Å². The van der Waals surface area contributed by atoms with E-state index < -0.39 is 17.7 Å². The maximum Gasteiger partial charge on any atom is 0.307 e. The number of aliphatic carboxylic acids is 1. The molecule has 5 nitrogen and oxygen atoms in total. The molecule has 3 N–H and O–H groups in total. The number of carbonyl (C=O) groups is 2. The number of amides is 1. The Bertz CT molecular complexity index is 519. The summed E-state index contributed by atoms with van der Waals surface area (Å²) < 4.78 is 13.8. The number of carbonyl (C=O) groups excluding carboxylic acids is 1. The largest absolute Gasteiger partial charge is 0.481 e. The van der Waals surface area contributed by atoms with Crippen molar-refractivity contribution in [2.75, 3.05) is 13.1 Å². The molecule has 0 saturated carbocycles. The SMILES string of the molecule is NC(=O)c1ccc(CN2CCC(C(=O)O)C2)c(F)c1. The molecule has 1 aromatic rings. The standard InChI is InChI=1S/C13H15FN2O3/c14-11-5-8(12(15)17)1-2-9(11)6-16-4-3-10(7-16)13(18)19/h1-2,5,10H,3-4,6-7H2,(H2,15,17)(H,18,19). The zero-order chi connectivity index (χ0) is 14.0. The van der Waals surface area contributed by atoms with Gasteiger partial charge in [0.05, 0.1) is 5.92 Å². The summed E-state index contributed by atoms with van der Waals surface area (Å²) in [5.41, 5.74) is 5.64. The average molecular weight is 266 g/mol. The number of benzene rings is 1. The Hall–Kier alpha value is -1.95. The number of primary amides is 1. The van der Waals surface area contributed by atoms with E-state index in [-0.39, 0.29) is 11.5 Å². The predicted octanol–water partition coefficient (Wildman–Crippen LogP) is 0.831. The van der Waals surface area contributed by atoms with E-state index in [0.717, 1.165) is 6.07 Å². The topological polar surface area (TPSA) is 83.6 Å². The predicted molar refractivity (Wildman–Crippen MR) is 65.9 cm³/mol. The highest BCUT2D eigenvalue weighted by Gasteiger charge is 2.28. The van der Waals surface area contributed by atoms with Crippen LogP contribution < -0.4 is 5.73 Å². The van der Waals surface area contributed by atoms with Gasteiger partial charge >= 0.3 is 5.97 Å². The highest BCUT2D eigenvalue weighted by molar-refractivity contribution is 5.92. The quantitative estimate of drug-likeness (QED) is 0.845. The average Bonchev–Trinajstić information content (AvgIpc) is 2.80. The van der Waals surface area contributed by atoms with Crippen molar-refractivity contribution in [3.8, 4) is 0 Å². The van der Waals surface area contributed by atoms with Crippen LogP contribution in [-0.2, 0) is 11.3 Å². The minimum absolute atomic E-state index is 0.131. The summed E-state index contributed by atoms with van der Waals surface area (Å²) in [7, 11) is 0. The molecular formula is C13H15FN2O3. The lowest BCUT2D eigenvalue weighted by molar-refractivity contribution is -0.141. The van der Waals surface area contributed by atoms with E-state index in [2.05, 4.69) is 0 Å². The van der Waals surface area contributed by atoms with Crippen LogP contribution in [0.4, 0.5) is 4.39 Å². The minimum atomic E-state index is -0.813. The Kier molecular flexibility index (Phi) is 3.80. The second-order valence-electron chi connectivity index (χ2n) is 4.73. The van der Waals surface area contributed by atoms with Crippen molar-refractivity contribution < 1.29 is 19.1 Å². The Labute approximate surface area is 109 Å². The fourth-order valence-electron chi connectivity index (χ4n) is 2.25. The molecule has 2 rings (SSSR count). The van der Waals surface area contributed by atoms with Gasteiger partial charge in [-0.1, -0.05) is 6.07 Å². The molecule has 0 aliphatic carbocycles. The van der Waals surface area contributed by atoms with Gasteiger partial charge in [-0.15, -0.1) is 0 Å². The highest BCUT2D eigenvalue weighted by atomic mass is 19.1. The lowest BCUT2D eigenvalue weighted by Gasteiger charge is -2.15. The molecule has 1 amide bonds. The molecule has 1 saturated heterocycles. The number of nitrogens with zero attached hydrogens (tertiary/aromatic N) is 1. The van der Waals surface area contributed by atoms with Gasteiger partial charge in [0, 0.05) is 24.2 Å². The molecule has 0 spiro atoms. The van der Waals surface area contributed by atoms with Crippen molar-refractivity contribution in [2.45, 2.75) is 13.0 Å². The van der Waals surface area contributed by atoms with Crippen LogP contribution in [-0.4, -0.2) is 35.0 Å². The molecule has 102 valence electrons. The van der Waals surface area contributed by atoms with E-state index in [1.54, 1.807) is 0 Å². The summed E-state index contributed by atoms with van der Waals surface area (Å²) in [6.45, 7) is 1.40. The Balaban J connectivity index is 2.04. The molecular weight excluding hydrogens is 251 g/mol. The van der Waals surface area contributed by atoms with Crippen LogP contribution in [0.25, 0.3) is 0 Å². The van der Waals surface area contributed by atoms with Crippen LogP contribution >= 0.6 is 0 Å². The lowest BCUT2D eigenvalue weighted by atomic mass is 10.1. The third-order valence-electron chi connectivity index (χ3n) is 3.35. The number of halogens is 1. The van der Waals surface area contributed by atoms with Gasteiger partial charge in [0.2, 0.25) is 5.91 Å². The Morgan fingerprint density at radius 2 is 2.21 bits per heavy atom. The van der Waals surface area contributed by atoms with Crippen molar-refractivity contribution in [1.29, 1.82) is 0 Å². The zero-order valence-electron chi connectivity index (χ0n) is 10.3. The van der Waals surface area contributed by atoms with Gasteiger partial charge in [-0.2, -0.15) is 0 Å². The van der Waals surface area contributed by atoms with Crippen LogP contribution in [0.3, 0.4) is 0 Å². The monoisotopic (exact) mass is 266 g/mol. The molecule has 1 fully saturated rings. The molecule has 19 heavy (non-hydrogen) atoms. The third kappa shape index (κ3) is 3.08. The lowest BCUT2D eigenvalue weighted by Crippen LogP contribution is -2.23. The normalized spacial score (nSPS) is 19.5. The van der Waals surface area contributed by atoms with Gasteiger partial charge in [-0.25, -0.2) is 4.39 Å². The van der Waals surface area contributed by atoms with Crippen LogP contribution in [0.2, 0.25) is 0 Å². The van der Waals surface area contributed by atoms with Crippen molar-refractivity contribution in [1.82, 2.24) is 4.90 Å². The van der Waals surface area contributed by atoms with Gasteiger partial charge in [0.25, 0.3) is 0 Å². The van der Waals surface area contributed by atoms with Gasteiger partial charge in [0.1, 0.15) is 5.82 Å². The van der Waals surface area contributed by atoms with E-state index >= 15 is 0 Å². The summed E-state index contributed by atoms with van der Waals surface area (Å²) in [6, 6.07) is 4.11. The molecule has 1 heterocycles. The van der Waals surface area contributed by atoms with Crippen LogP contribution in [0.15, 0.2) is 18.2 Å². The summed E-state index contributed by atoms with van der Waals surface area (Å²) >= 11 is 0. The number of likely N-dealkylation sites (tertiary alicyclic amines) is 1. The number of hydrogen-bond acceptors (Lipinski definition) is 3. The van der Waals surface area contributed by atoms with E-state index in [9.17, 15) is 14.0 Å². The molecule has 1 atom stereocenters. The van der Waals surface area contributed by atoms with E-state index in [0.29, 0.717) is 31.6 Å². The second-order valence-corrected chi connectivity index (χ2v) is 4.73. The maximum absolute atomic E-state index is 13.8. The van der Waals surface area contributed by atoms with Gasteiger partial charge in [0.15, 0.2) is 0 Å². The number of carboxylic acid groups (broad SMARTS) is 1. The Morgan fingerprint density at radius 1 is 1.47 bits per heavy atom. The van der Waals surface area contributed by atoms with Gasteiger partial charge in [-0.05, 0) is 25.1 Å². The minimum Gasteiger partial charge on any atom is -0.481 e. The van der Waals surface area contributed by atoms with Crippen molar-refractivity contribution in [2.24, 2.45) is 11.7 Å². The first-order valence-electron chi connectivity index (χ1n) is 6.00. The summed E-state index contributed by atoms with van der Waals surface area (Å²) in [5, 5.41) is 8.90. The number of carboxylic acids is 1. The number of rotatable bonds is 4. The summed E-state index contributed by atoms with van der Waals surface area (Å²) in [6.07, 6.45) is 0.580.